The van der Waals surface area contributed by atoms with Gasteiger partial charge in [-0.05, 0) is 44.7 Å². The molecule has 2 aromatic heterocycles. The lowest BCUT2D eigenvalue weighted by Crippen LogP contribution is -2.36. The van der Waals surface area contributed by atoms with Crippen LogP contribution in [-0.4, -0.2) is 42.3 Å². The first kappa shape index (κ1) is 15.5. The SMILES string of the molecule is O=c1ccncn1CC1CCN(Cc2nnc3n2CCCC3)CC1. The van der Waals surface area contributed by atoms with Crippen LogP contribution in [-0.2, 0) is 26.1 Å². The number of rotatable bonds is 4. The van der Waals surface area contributed by atoms with Gasteiger partial charge in [-0.1, -0.05) is 0 Å². The molecule has 0 aromatic carbocycles. The number of piperidine rings is 1. The van der Waals surface area contributed by atoms with Crippen LogP contribution in [0.2, 0.25) is 0 Å². The summed E-state index contributed by atoms with van der Waals surface area (Å²) in [7, 11) is 0. The van der Waals surface area contributed by atoms with Crippen molar-refractivity contribution in [3.05, 3.63) is 40.6 Å². The molecule has 0 bridgehead atoms. The number of aryl methyl sites for hydroxylation is 1. The van der Waals surface area contributed by atoms with Gasteiger partial charge in [-0.3, -0.25) is 14.3 Å². The molecule has 24 heavy (non-hydrogen) atoms. The predicted molar refractivity (Wildman–Crippen MR) is 89.5 cm³/mol. The minimum absolute atomic E-state index is 0.0440. The summed E-state index contributed by atoms with van der Waals surface area (Å²) in [5.41, 5.74) is 0.0440. The van der Waals surface area contributed by atoms with Gasteiger partial charge in [-0.15, -0.1) is 10.2 Å². The third-order valence-electron chi connectivity index (χ3n) is 5.26. The first-order valence-electron chi connectivity index (χ1n) is 8.93. The fourth-order valence-electron chi connectivity index (χ4n) is 3.81. The van der Waals surface area contributed by atoms with Crippen molar-refractivity contribution in [1.29, 1.82) is 0 Å². The molecular weight excluding hydrogens is 304 g/mol. The number of hydrogen-bond donors (Lipinski definition) is 0. The maximum Gasteiger partial charge on any atom is 0.253 e. The van der Waals surface area contributed by atoms with Gasteiger partial charge in [0.15, 0.2) is 0 Å². The van der Waals surface area contributed by atoms with Gasteiger partial charge in [0.25, 0.3) is 5.56 Å². The third kappa shape index (κ3) is 3.26. The number of likely N-dealkylation sites (tertiary alicyclic amines) is 1. The van der Waals surface area contributed by atoms with Gasteiger partial charge in [-0.25, -0.2) is 4.98 Å². The van der Waals surface area contributed by atoms with E-state index in [1.54, 1.807) is 17.1 Å². The average Bonchev–Trinajstić information content (AvgIpc) is 3.02. The average molecular weight is 328 g/mol. The van der Waals surface area contributed by atoms with Crippen molar-refractivity contribution in [3.63, 3.8) is 0 Å². The van der Waals surface area contributed by atoms with Crippen molar-refractivity contribution in [3.8, 4) is 0 Å². The molecule has 0 atom stereocenters. The second-order valence-corrected chi connectivity index (χ2v) is 6.93. The molecule has 0 saturated carbocycles. The van der Waals surface area contributed by atoms with Crippen LogP contribution in [0.1, 0.15) is 37.3 Å². The monoisotopic (exact) mass is 328 g/mol. The van der Waals surface area contributed by atoms with Gasteiger partial charge < -0.3 is 4.57 Å². The molecule has 0 aliphatic carbocycles. The summed E-state index contributed by atoms with van der Waals surface area (Å²) in [5.74, 6) is 2.82. The summed E-state index contributed by atoms with van der Waals surface area (Å²) in [6.45, 7) is 4.86. The lowest BCUT2D eigenvalue weighted by molar-refractivity contribution is 0.161. The lowest BCUT2D eigenvalue weighted by atomic mass is 9.96. The molecule has 0 spiro atoms. The molecule has 128 valence electrons. The zero-order chi connectivity index (χ0) is 16.4. The summed E-state index contributed by atoms with van der Waals surface area (Å²) in [4.78, 5) is 18.3. The van der Waals surface area contributed by atoms with E-state index in [9.17, 15) is 4.79 Å². The summed E-state index contributed by atoms with van der Waals surface area (Å²) in [5, 5.41) is 8.75. The van der Waals surface area contributed by atoms with E-state index in [1.165, 1.54) is 18.9 Å². The highest BCUT2D eigenvalue weighted by Gasteiger charge is 2.23. The molecule has 7 heteroatoms. The van der Waals surface area contributed by atoms with E-state index >= 15 is 0 Å². The van der Waals surface area contributed by atoms with E-state index < -0.39 is 0 Å². The Kier molecular flexibility index (Phi) is 4.42. The van der Waals surface area contributed by atoms with Crippen molar-refractivity contribution in [2.24, 2.45) is 5.92 Å². The molecular formula is C17H24N6O. The molecule has 0 radical (unpaired) electrons. The molecule has 4 rings (SSSR count). The Hall–Kier alpha value is -2.02. The Morgan fingerprint density at radius 2 is 2.00 bits per heavy atom. The number of fused-ring (bicyclic) bond motifs is 1. The number of nitrogens with zero attached hydrogens (tertiary/aromatic N) is 6. The second-order valence-electron chi connectivity index (χ2n) is 6.93. The number of hydrogen-bond acceptors (Lipinski definition) is 5. The highest BCUT2D eigenvalue weighted by Crippen LogP contribution is 2.21. The molecule has 4 heterocycles. The normalized spacial score (nSPS) is 19.3. The third-order valence-corrected chi connectivity index (χ3v) is 5.26. The Labute approximate surface area is 141 Å². The Morgan fingerprint density at radius 1 is 1.12 bits per heavy atom. The summed E-state index contributed by atoms with van der Waals surface area (Å²) in [6.07, 6.45) is 8.97. The van der Waals surface area contributed by atoms with Crippen molar-refractivity contribution in [2.75, 3.05) is 13.1 Å². The number of aromatic nitrogens is 5. The molecule has 1 saturated heterocycles. The molecule has 0 N–H and O–H groups in total. The Bertz CT molecular complexity index is 744. The van der Waals surface area contributed by atoms with E-state index in [0.717, 1.165) is 63.6 Å². The minimum Gasteiger partial charge on any atom is -0.314 e. The fourth-order valence-corrected chi connectivity index (χ4v) is 3.81. The van der Waals surface area contributed by atoms with Crippen LogP contribution in [0.5, 0.6) is 0 Å². The largest absolute Gasteiger partial charge is 0.314 e. The van der Waals surface area contributed by atoms with Crippen LogP contribution in [0.4, 0.5) is 0 Å². The van der Waals surface area contributed by atoms with Crippen LogP contribution < -0.4 is 5.56 Å². The van der Waals surface area contributed by atoms with E-state index in [2.05, 4.69) is 24.6 Å². The van der Waals surface area contributed by atoms with Crippen molar-refractivity contribution >= 4 is 0 Å². The zero-order valence-electron chi connectivity index (χ0n) is 14.0. The van der Waals surface area contributed by atoms with Crippen molar-refractivity contribution in [1.82, 2.24) is 29.2 Å². The second kappa shape index (κ2) is 6.84. The molecule has 0 amide bonds. The lowest BCUT2D eigenvalue weighted by Gasteiger charge is -2.32. The maximum atomic E-state index is 11.8. The van der Waals surface area contributed by atoms with Gasteiger partial charge in [-0.2, -0.15) is 0 Å². The van der Waals surface area contributed by atoms with Crippen LogP contribution in [0.3, 0.4) is 0 Å². The molecule has 2 aromatic rings. The molecule has 1 fully saturated rings. The summed E-state index contributed by atoms with van der Waals surface area (Å²) < 4.78 is 4.04. The van der Waals surface area contributed by atoms with E-state index in [0.29, 0.717) is 5.92 Å². The Morgan fingerprint density at radius 3 is 2.83 bits per heavy atom. The smallest absolute Gasteiger partial charge is 0.253 e. The topological polar surface area (TPSA) is 68.8 Å². The predicted octanol–water partition coefficient (Wildman–Crippen LogP) is 1.08. The van der Waals surface area contributed by atoms with Gasteiger partial charge in [0.1, 0.15) is 11.6 Å². The highest BCUT2D eigenvalue weighted by atomic mass is 16.1. The Balaban J connectivity index is 1.33. The van der Waals surface area contributed by atoms with Crippen LogP contribution in [0.25, 0.3) is 0 Å². The fraction of sp³-hybridized carbons (Fsp3) is 0.647. The standard InChI is InChI=1S/C17H24N6O/c24-17-4-7-18-13-22(17)11-14-5-9-21(10-6-14)12-16-20-19-15-3-1-2-8-23(15)16/h4,7,13-14H,1-3,5-6,8-12H2. The van der Waals surface area contributed by atoms with Crippen LogP contribution in [0.15, 0.2) is 23.4 Å². The van der Waals surface area contributed by atoms with Crippen molar-refractivity contribution in [2.45, 2.75) is 51.7 Å². The highest BCUT2D eigenvalue weighted by molar-refractivity contribution is 4.99. The van der Waals surface area contributed by atoms with Crippen LogP contribution >= 0.6 is 0 Å². The van der Waals surface area contributed by atoms with Crippen molar-refractivity contribution < 1.29 is 0 Å². The van der Waals surface area contributed by atoms with Crippen LogP contribution in [0, 0.1) is 5.92 Å². The first-order valence-corrected chi connectivity index (χ1v) is 8.93. The summed E-state index contributed by atoms with van der Waals surface area (Å²) >= 11 is 0. The zero-order valence-corrected chi connectivity index (χ0v) is 14.0. The molecule has 2 aliphatic heterocycles. The minimum atomic E-state index is 0.0440. The van der Waals surface area contributed by atoms with E-state index in [1.807, 2.05) is 0 Å². The maximum absolute atomic E-state index is 11.8. The molecule has 7 nitrogen and oxygen atoms in total. The quantitative estimate of drug-likeness (QED) is 0.840. The van der Waals surface area contributed by atoms with Gasteiger partial charge >= 0.3 is 0 Å². The molecule has 0 unspecified atom stereocenters. The van der Waals surface area contributed by atoms with E-state index in [-0.39, 0.29) is 5.56 Å². The van der Waals surface area contributed by atoms with Gasteiger partial charge in [0.05, 0.1) is 12.9 Å². The van der Waals surface area contributed by atoms with E-state index in [4.69, 9.17) is 0 Å². The summed E-state index contributed by atoms with van der Waals surface area (Å²) in [6, 6.07) is 1.53. The first-order chi connectivity index (χ1) is 11.8. The van der Waals surface area contributed by atoms with Gasteiger partial charge in [0.2, 0.25) is 0 Å². The molecule has 2 aliphatic rings. The van der Waals surface area contributed by atoms with Gasteiger partial charge in [0, 0.05) is 31.8 Å².